The number of rotatable bonds is 3. The van der Waals surface area contributed by atoms with Crippen molar-refractivity contribution in [3.05, 3.63) is 18.5 Å². The van der Waals surface area contributed by atoms with E-state index in [0.717, 1.165) is 26.1 Å². The van der Waals surface area contributed by atoms with E-state index in [9.17, 15) is 4.79 Å². The van der Waals surface area contributed by atoms with Crippen LogP contribution in [-0.2, 0) is 4.74 Å². The molecule has 116 valence electrons. The normalized spacial score (nSPS) is 18.7. The fourth-order valence-corrected chi connectivity index (χ4v) is 2.43. The van der Waals surface area contributed by atoms with Gasteiger partial charge in [-0.2, -0.15) is 0 Å². The van der Waals surface area contributed by atoms with Crippen molar-refractivity contribution in [1.29, 1.82) is 0 Å². The highest BCUT2D eigenvalue weighted by Gasteiger charge is 2.30. The summed E-state index contributed by atoms with van der Waals surface area (Å²) >= 11 is 0. The van der Waals surface area contributed by atoms with Gasteiger partial charge in [0, 0.05) is 39.1 Å². The van der Waals surface area contributed by atoms with Gasteiger partial charge in [0.2, 0.25) is 5.95 Å². The molecule has 6 heteroatoms. The lowest BCUT2D eigenvalue weighted by Gasteiger charge is -2.25. The fraction of sp³-hybridized carbons (Fsp3) is 0.667. The number of carbonyl (C=O) groups excluding carboxylic acids is 1. The highest BCUT2D eigenvalue weighted by atomic mass is 16.6. The van der Waals surface area contributed by atoms with E-state index in [1.807, 2.05) is 32.7 Å². The van der Waals surface area contributed by atoms with Crippen LogP contribution in [0.1, 0.15) is 27.2 Å². The van der Waals surface area contributed by atoms with Crippen LogP contribution in [0.4, 0.5) is 10.7 Å². The molecule has 0 spiro atoms. The second-order valence-electron chi connectivity index (χ2n) is 6.51. The first kappa shape index (κ1) is 15.5. The van der Waals surface area contributed by atoms with Crippen LogP contribution < -0.4 is 4.90 Å². The van der Waals surface area contributed by atoms with Crippen LogP contribution in [-0.4, -0.2) is 53.2 Å². The van der Waals surface area contributed by atoms with Crippen LogP contribution in [0.25, 0.3) is 0 Å². The summed E-state index contributed by atoms with van der Waals surface area (Å²) in [6.45, 7) is 7.98. The summed E-state index contributed by atoms with van der Waals surface area (Å²) in [5.41, 5.74) is -0.441. The molecule has 2 heterocycles. The first-order chi connectivity index (χ1) is 9.85. The Balaban J connectivity index is 1.84. The summed E-state index contributed by atoms with van der Waals surface area (Å²) in [6.07, 6.45) is 4.24. The van der Waals surface area contributed by atoms with Gasteiger partial charge in [-0.1, -0.05) is 0 Å². The molecular formula is C15H24N4O2. The lowest BCUT2D eigenvalue weighted by Crippen LogP contribution is -2.36. The zero-order chi connectivity index (χ0) is 15.5. The summed E-state index contributed by atoms with van der Waals surface area (Å²) in [4.78, 5) is 24.3. The van der Waals surface area contributed by atoms with Gasteiger partial charge >= 0.3 is 6.09 Å². The lowest BCUT2D eigenvalue weighted by atomic mass is 10.1. The van der Waals surface area contributed by atoms with Crippen molar-refractivity contribution < 1.29 is 9.53 Å². The number of aromatic nitrogens is 2. The van der Waals surface area contributed by atoms with Gasteiger partial charge in [-0.25, -0.2) is 14.8 Å². The molecule has 1 atom stereocenters. The Bertz CT molecular complexity index is 472. The van der Waals surface area contributed by atoms with E-state index < -0.39 is 5.60 Å². The van der Waals surface area contributed by atoms with Crippen molar-refractivity contribution in [2.45, 2.75) is 32.8 Å². The van der Waals surface area contributed by atoms with Gasteiger partial charge in [0.25, 0.3) is 0 Å². The average Bonchev–Trinajstić information content (AvgIpc) is 2.86. The number of hydrogen-bond donors (Lipinski definition) is 0. The molecule has 21 heavy (non-hydrogen) atoms. The number of nitrogens with zero attached hydrogens (tertiary/aromatic N) is 4. The number of likely N-dealkylation sites (tertiary alicyclic amines) is 1. The third-order valence-corrected chi connectivity index (χ3v) is 3.36. The van der Waals surface area contributed by atoms with Crippen LogP contribution in [0.5, 0.6) is 0 Å². The van der Waals surface area contributed by atoms with E-state index in [4.69, 9.17) is 4.74 Å². The Hall–Kier alpha value is -1.85. The van der Waals surface area contributed by atoms with Crippen LogP contribution >= 0.6 is 0 Å². The number of hydrogen-bond acceptors (Lipinski definition) is 5. The van der Waals surface area contributed by atoms with Gasteiger partial charge in [0.1, 0.15) is 5.60 Å². The van der Waals surface area contributed by atoms with Gasteiger partial charge in [-0.05, 0) is 39.2 Å². The Kier molecular flexibility index (Phi) is 4.65. The minimum atomic E-state index is -0.441. The van der Waals surface area contributed by atoms with E-state index in [-0.39, 0.29) is 6.09 Å². The Morgan fingerprint density at radius 1 is 1.43 bits per heavy atom. The molecule has 0 saturated carbocycles. The lowest BCUT2D eigenvalue weighted by molar-refractivity contribution is 0.0288. The molecule has 1 aliphatic heterocycles. The molecular weight excluding hydrogens is 268 g/mol. The van der Waals surface area contributed by atoms with Crippen LogP contribution in [0.15, 0.2) is 18.5 Å². The van der Waals surface area contributed by atoms with Crippen molar-refractivity contribution in [3.8, 4) is 0 Å². The number of anilines is 1. The summed E-state index contributed by atoms with van der Waals surface area (Å²) in [5.74, 6) is 1.14. The molecule has 1 saturated heterocycles. The molecule has 2 rings (SSSR count). The highest BCUT2D eigenvalue weighted by Crippen LogP contribution is 2.21. The van der Waals surface area contributed by atoms with Crippen molar-refractivity contribution >= 4 is 12.0 Å². The summed E-state index contributed by atoms with van der Waals surface area (Å²) < 4.78 is 5.41. The van der Waals surface area contributed by atoms with Crippen molar-refractivity contribution in [1.82, 2.24) is 14.9 Å². The molecule has 1 aromatic heterocycles. The molecule has 1 unspecified atom stereocenters. The van der Waals surface area contributed by atoms with Gasteiger partial charge < -0.3 is 14.5 Å². The topological polar surface area (TPSA) is 58.6 Å². The zero-order valence-corrected chi connectivity index (χ0v) is 13.2. The highest BCUT2D eigenvalue weighted by molar-refractivity contribution is 5.68. The average molecular weight is 292 g/mol. The number of amides is 1. The number of carbonyl (C=O) groups is 1. The largest absolute Gasteiger partial charge is 0.444 e. The van der Waals surface area contributed by atoms with E-state index in [1.165, 1.54) is 0 Å². The molecule has 1 aliphatic rings. The molecule has 0 aliphatic carbocycles. The third kappa shape index (κ3) is 4.58. The summed E-state index contributed by atoms with van der Waals surface area (Å²) in [7, 11) is 1.98. The molecule has 1 aromatic rings. The van der Waals surface area contributed by atoms with Crippen LogP contribution in [0.2, 0.25) is 0 Å². The van der Waals surface area contributed by atoms with Crippen molar-refractivity contribution in [2.24, 2.45) is 5.92 Å². The maximum absolute atomic E-state index is 12.0. The standard InChI is InChI=1S/C15H24N4O2/c1-15(2,3)21-14(20)19-9-6-12(11-19)10-18(4)13-16-7-5-8-17-13/h5,7-8,12H,6,9-11H2,1-4H3. The third-order valence-electron chi connectivity index (χ3n) is 3.36. The smallest absolute Gasteiger partial charge is 0.410 e. The second kappa shape index (κ2) is 6.28. The second-order valence-corrected chi connectivity index (χ2v) is 6.51. The maximum Gasteiger partial charge on any atom is 0.410 e. The van der Waals surface area contributed by atoms with Crippen molar-refractivity contribution in [3.63, 3.8) is 0 Å². The minimum Gasteiger partial charge on any atom is -0.444 e. The predicted octanol–water partition coefficient (Wildman–Crippen LogP) is 2.17. The molecule has 0 aromatic carbocycles. The zero-order valence-electron chi connectivity index (χ0n) is 13.2. The van der Waals surface area contributed by atoms with Crippen LogP contribution in [0, 0.1) is 5.92 Å². The predicted molar refractivity (Wildman–Crippen MR) is 81.2 cm³/mol. The molecule has 6 nitrogen and oxygen atoms in total. The van der Waals surface area contributed by atoms with Crippen LogP contribution in [0.3, 0.4) is 0 Å². The first-order valence-corrected chi connectivity index (χ1v) is 7.31. The summed E-state index contributed by atoms with van der Waals surface area (Å²) in [5, 5.41) is 0. The van der Waals surface area contributed by atoms with Gasteiger partial charge in [-0.3, -0.25) is 0 Å². The maximum atomic E-state index is 12.0. The van der Waals surface area contributed by atoms with Gasteiger partial charge in [0.05, 0.1) is 0 Å². The minimum absolute atomic E-state index is 0.219. The van der Waals surface area contributed by atoms with Gasteiger partial charge in [-0.15, -0.1) is 0 Å². The summed E-state index contributed by atoms with van der Waals surface area (Å²) in [6, 6.07) is 1.80. The Labute approximate surface area is 126 Å². The molecule has 0 N–H and O–H groups in total. The molecule has 1 amide bonds. The SMILES string of the molecule is CN(CC1CCN(C(=O)OC(C)(C)C)C1)c1ncccn1. The van der Waals surface area contributed by atoms with Crippen molar-refractivity contribution in [2.75, 3.05) is 31.6 Å². The van der Waals surface area contributed by atoms with E-state index >= 15 is 0 Å². The van der Waals surface area contributed by atoms with E-state index in [0.29, 0.717) is 11.9 Å². The first-order valence-electron chi connectivity index (χ1n) is 7.31. The number of ether oxygens (including phenoxy) is 1. The fourth-order valence-electron chi connectivity index (χ4n) is 2.43. The molecule has 0 radical (unpaired) electrons. The van der Waals surface area contributed by atoms with E-state index in [2.05, 4.69) is 9.97 Å². The monoisotopic (exact) mass is 292 g/mol. The molecule has 0 bridgehead atoms. The Morgan fingerprint density at radius 3 is 2.71 bits per heavy atom. The van der Waals surface area contributed by atoms with Gasteiger partial charge in [0.15, 0.2) is 0 Å². The quantitative estimate of drug-likeness (QED) is 0.854. The molecule has 1 fully saturated rings. The Morgan fingerprint density at radius 2 is 2.10 bits per heavy atom. The van der Waals surface area contributed by atoms with E-state index in [1.54, 1.807) is 23.4 Å².